The fourth-order valence-electron chi connectivity index (χ4n) is 5.61. The molecule has 0 saturated carbocycles. The van der Waals surface area contributed by atoms with Crippen LogP contribution in [0.15, 0.2) is 48.5 Å². The van der Waals surface area contributed by atoms with E-state index in [4.69, 9.17) is 0 Å². The second-order valence-electron chi connectivity index (χ2n) is 11.0. The van der Waals surface area contributed by atoms with Gasteiger partial charge in [-0.1, -0.05) is 58.0 Å². The SMILES string of the molecule is Cc1ccc2c3ccc(C(=O)N([O-])CC(C)C)c4c(C#N)ccc(c5ccc(C(=O)N([O-])CC(C)C)c1c52)c43. The normalized spacial score (nSPS) is 11.8. The first-order valence-electron chi connectivity index (χ1n) is 13.1. The van der Waals surface area contributed by atoms with Gasteiger partial charge in [-0.05, 0) is 80.2 Å². The van der Waals surface area contributed by atoms with Crippen molar-refractivity contribution < 1.29 is 9.59 Å². The molecule has 0 heterocycles. The number of hydrogen-bond donors (Lipinski definition) is 0. The quantitative estimate of drug-likeness (QED) is 0.135. The molecule has 0 N–H and O–H groups in total. The number of amides is 2. The smallest absolute Gasteiger partial charge is 0.243 e. The van der Waals surface area contributed by atoms with Gasteiger partial charge in [-0.3, -0.25) is 9.59 Å². The predicted octanol–water partition coefficient (Wildman–Crippen LogP) is 7.11. The van der Waals surface area contributed by atoms with Crippen LogP contribution in [-0.4, -0.2) is 35.0 Å². The van der Waals surface area contributed by atoms with Crippen LogP contribution in [0.1, 0.15) is 59.5 Å². The minimum Gasteiger partial charge on any atom is -0.756 e. The van der Waals surface area contributed by atoms with E-state index in [9.17, 15) is 25.3 Å². The van der Waals surface area contributed by atoms with Crippen LogP contribution < -0.4 is 0 Å². The average molecular weight is 520 g/mol. The first-order chi connectivity index (χ1) is 18.5. The van der Waals surface area contributed by atoms with Crippen LogP contribution in [-0.2, 0) is 0 Å². The largest absolute Gasteiger partial charge is 0.756 e. The molecule has 0 aromatic heterocycles. The molecule has 0 saturated heterocycles. The van der Waals surface area contributed by atoms with Gasteiger partial charge < -0.3 is 20.5 Å². The van der Waals surface area contributed by atoms with Crippen LogP contribution in [0.2, 0.25) is 0 Å². The molecular weight excluding hydrogens is 490 g/mol. The van der Waals surface area contributed by atoms with Gasteiger partial charge in [0.25, 0.3) is 0 Å². The van der Waals surface area contributed by atoms with Crippen LogP contribution in [0.4, 0.5) is 0 Å². The molecule has 0 spiro atoms. The monoisotopic (exact) mass is 519 g/mol. The molecule has 5 aromatic rings. The zero-order chi connectivity index (χ0) is 28.2. The summed E-state index contributed by atoms with van der Waals surface area (Å²) < 4.78 is 0. The molecule has 2 amide bonds. The lowest BCUT2D eigenvalue weighted by atomic mass is 9.84. The Morgan fingerprint density at radius 3 is 1.56 bits per heavy atom. The second kappa shape index (κ2) is 9.81. The van der Waals surface area contributed by atoms with E-state index in [1.54, 1.807) is 18.2 Å². The van der Waals surface area contributed by atoms with Gasteiger partial charge in [0.1, 0.15) is 0 Å². The highest BCUT2D eigenvalue weighted by Crippen LogP contribution is 2.44. The summed E-state index contributed by atoms with van der Waals surface area (Å²) in [6.45, 7) is 9.58. The number of rotatable bonds is 6. The van der Waals surface area contributed by atoms with Gasteiger partial charge in [0.15, 0.2) is 0 Å². The third kappa shape index (κ3) is 4.22. The highest BCUT2D eigenvalue weighted by molar-refractivity contribution is 6.36. The topological polar surface area (TPSA) is 111 Å². The number of carbonyl (C=O) groups excluding carboxylic acids is 2. The van der Waals surface area contributed by atoms with Gasteiger partial charge in [0.05, 0.1) is 11.6 Å². The van der Waals surface area contributed by atoms with Gasteiger partial charge in [-0.2, -0.15) is 5.26 Å². The van der Waals surface area contributed by atoms with E-state index in [0.29, 0.717) is 32.0 Å². The first kappa shape index (κ1) is 26.4. The number of nitriles is 1. The van der Waals surface area contributed by atoms with E-state index < -0.39 is 11.8 Å². The van der Waals surface area contributed by atoms with Crippen molar-refractivity contribution in [2.75, 3.05) is 13.1 Å². The molecule has 0 fully saturated rings. The number of hydroxylamine groups is 4. The Kier molecular flexibility index (Phi) is 6.63. The fourth-order valence-corrected chi connectivity index (χ4v) is 5.61. The van der Waals surface area contributed by atoms with Crippen LogP contribution in [0, 0.1) is 40.5 Å². The molecule has 0 unspecified atom stereocenters. The second-order valence-corrected chi connectivity index (χ2v) is 11.0. The Morgan fingerprint density at radius 1 is 0.692 bits per heavy atom. The summed E-state index contributed by atoms with van der Waals surface area (Å²) in [4.78, 5) is 26.5. The van der Waals surface area contributed by atoms with Crippen LogP contribution in [0.3, 0.4) is 0 Å². The molecule has 5 aromatic carbocycles. The summed E-state index contributed by atoms with van der Waals surface area (Å²) >= 11 is 0. The lowest BCUT2D eigenvalue weighted by Crippen LogP contribution is -2.29. The van der Waals surface area contributed by atoms with Gasteiger partial charge in [0.2, 0.25) is 11.8 Å². The zero-order valence-electron chi connectivity index (χ0n) is 22.7. The van der Waals surface area contributed by atoms with Gasteiger partial charge in [-0.15, -0.1) is 0 Å². The minimum absolute atomic E-state index is 0.00271. The van der Waals surface area contributed by atoms with E-state index >= 15 is 0 Å². The van der Waals surface area contributed by atoms with Crippen LogP contribution in [0.25, 0.3) is 43.1 Å². The molecule has 198 valence electrons. The van der Waals surface area contributed by atoms with E-state index in [1.165, 1.54) is 0 Å². The van der Waals surface area contributed by atoms with Gasteiger partial charge in [0, 0.05) is 29.6 Å². The molecule has 0 atom stereocenters. The Bertz CT molecular complexity index is 1800. The maximum absolute atomic E-state index is 13.3. The highest BCUT2D eigenvalue weighted by atomic mass is 16.5. The van der Waals surface area contributed by atoms with Crippen molar-refractivity contribution in [3.8, 4) is 6.07 Å². The van der Waals surface area contributed by atoms with E-state index in [0.717, 1.165) is 37.9 Å². The molecule has 39 heavy (non-hydrogen) atoms. The summed E-state index contributed by atoms with van der Waals surface area (Å²) in [5, 5.41) is 42.3. The van der Waals surface area contributed by atoms with Crippen molar-refractivity contribution in [3.05, 3.63) is 81.2 Å². The van der Waals surface area contributed by atoms with Gasteiger partial charge >= 0.3 is 0 Å². The zero-order valence-corrected chi connectivity index (χ0v) is 22.7. The Hall–Kier alpha value is -4.25. The molecule has 0 aliphatic carbocycles. The summed E-state index contributed by atoms with van der Waals surface area (Å²) in [7, 11) is 0. The van der Waals surface area contributed by atoms with Crippen molar-refractivity contribution in [2.45, 2.75) is 34.6 Å². The van der Waals surface area contributed by atoms with Gasteiger partial charge in [-0.25, -0.2) is 0 Å². The summed E-state index contributed by atoms with van der Waals surface area (Å²) in [6.07, 6.45) is 0. The van der Waals surface area contributed by atoms with Crippen LogP contribution >= 0.6 is 0 Å². The summed E-state index contributed by atoms with van der Waals surface area (Å²) in [5.74, 6) is -1.22. The number of nitrogens with zero attached hydrogens (tertiary/aromatic N) is 3. The van der Waals surface area contributed by atoms with E-state index in [2.05, 4.69) is 6.07 Å². The molecule has 0 aliphatic rings. The number of aryl methyl sites for hydroxylation is 1. The minimum atomic E-state index is -0.676. The molecule has 5 rings (SSSR count). The molecule has 7 nitrogen and oxygen atoms in total. The molecule has 0 bridgehead atoms. The number of benzene rings is 5. The van der Waals surface area contributed by atoms with Crippen molar-refractivity contribution >= 4 is 54.9 Å². The predicted molar refractivity (Wildman–Crippen MR) is 156 cm³/mol. The Morgan fingerprint density at radius 2 is 1.10 bits per heavy atom. The lowest BCUT2D eigenvalue weighted by molar-refractivity contribution is 0.0803. The Labute approximate surface area is 226 Å². The van der Waals surface area contributed by atoms with Crippen molar-refractivity contribution in [1.82, 2.24) is 10.1 Å². The maximum Gasteiger partial charge on any atom is 0.243 e. The van der Waals surface area contributed by atoms with E-state index in [1.807, 2.05) is 65.0 Å². The summed E-state index contributed by atoms with van der Waals surface area (Å²) in [6, 6.07) is 16.5. The number of fused-ring (bicyclic) bond motifs is 2. The standard InChI is InChI=1S/C32H29N3O4/c1-17(2)15-34(38)31(36)25-12-10-23-22-9-7-20(14-33)28-26(32(37)35(39)16-18(3)4)13-11-24(30(22)28)21-8-6-19(5)27(25)29(21)23/h6-13,17-18H,15-16H2,1-5H3/q-2. The lowest BCUT2D eigenvalue weighted by Gasteiger charge is -2.31. The summed E-state index contributed by atoms with van der Waals surface area (Å²) in [5.41, 5.74) is 1.72. The molecule has 0 radical (unpaired) electrons. The van der Waals surface area contributed by atoms with Crippen LogP contribution in [0.5, 0.6) is 0 Å². The third-order valence-corrected chi connectivity index (χ3v) is 7.21. The highest BCUT2D eigenvalue weighted by Gasteiger charge is 2.23. The number of hydrogen-bond acceptors (Lipinski definition) is 5. The van der Waals surface area contributed by atoms with E-state index in [-0.39, 0.29) is 30.5 Å². The number of carbonyl (C=O) groups is 2. The third-order valence-electron chi connectivity index (χ3n) is 7.21. The van der Waals surface area contributed by atoms with Crippen molar-refractivity contribution in [2.24, 2.45) is 11.8 Å². The molecule has 7 heteroatoms. The first-order valence-corrected chi connectivity index (χ1v) is 13.1. The Balaban J connectivity index is 1.87. The average Bonchev–Trinajstić information content (AvgIpc) is 2.90. The van der Waals surface area contributed by atoms with Crippen molar-refractivity contribution in [1.29, 1.82) is 5.26 Å². The molecule has 0 aliphatic heterocycles. The molecular formula is C32H29N3O4-2. The van der Waals surface area contributed by atoms with Crippen molar-refractivity contribution in [3.63, 3.8) is 0 Å². The maximum atomic E-state index is 13.3. The fraction of sp³-hybridized carbons (Fsp3) is 0.281.